The quantitative estimate of drug-likeness (QED) is 0.913. The number of anilines is 1. The van der Waals surface area contributed by atoms with Gasteiger partial charge in [0, 0.05) is 11.3 Å². The molecule has 0 spiro atoms. The van der Waals surface area contributed by atoms with Crippen molar-refractivity contribution < 1.29 is 0 Å². The molecule has 0 saturated heterocycles. The van der Waals surface area contributed by atoms with E-state index in [-0.39, 0.29) is 24.8 Å². The van der Waals surface area contributed by atoms with Gasteiger partial charge in [0.1, 0.15) is 5.82 Å². The van der Waals surface area contributed by atoms with Gasteiger partial charge in [0.05, 0.1) is 0 Å². The summed E-state index contributed by atoms with van der Waals surface area (Å²) >= 11 is 0. The lowest BCUT2D eigenvalue weighted by Gasteiger charge is -2.11. The fraction of sp³-hybridized carbons (Fsp3) is 0.267. The van der Waals surface area contributed by atoms with Gasteiger partial charge >= 0.3 is 0 Å². The number of aromatic nitrogens is 1. The summed E-state index contributed by atoms with van der Waals surface area (Å²) in [5.74, 6) is 0.577. The number of hydrogen-bond acceptors (Lipinski definition) is 3. The molecule has 1 heterocycles. The van der Waals surface area contributed by atoms with Crippen molar-refractivity contribution in [2.45, 2.75) is 20.3 Å². The molecule has 0 aliphatic carbocycles. The van der Waals surface area contributed by atoms with E-state index in [0.717, 1.165) is 17.7 Å². The Balaban J connectivity index is 0.00000180. The average molecular weight is 314 g/mol. The maximum Gasteiger partial charge on any atom is 0.123 e. The molecule has 4 N–H and O–H groups in total. The van der Waals surface area contributed by atoms with E-state index in [1.165, 1.54) is 16.7 Å². The third-order valence-electron chi connectivity index (χ3n) is 3.09. The number of nitrogens with zero attached hydrogens (tertiary/aromatic N) is 1. The van der Waals surface area contributed by atoms with Gasteiger partial charge in [-0.05, 0) is 49.6 Å². The smallest absolute Gasteiger partial charge is 0.123 e. The highest BCUT2D eigenvalue weighted by molar-refractivity contribution is 5.85. The molecule has 2 rings (SSSR count). The van der Waals surface area contributed by atoms with Gasteiger partial charge < -0.3 is 11.5 Å². The van der Waals surface area contributed by atoms with Crippen molar-refractivity contribution in [3.05, 3.63) is 47.2 Å². The summed E-state index contributed by atoms with van der Waals surface area (Å²) in [6.45, 7) is 4.74. The highest BCUT2D eigenvalue weighted by Gasteiger charge is 2.07. The number of aryl methyl sites for hydroxylation is 2. The second-order valence-corrected chi connectivity index (χ2v) is 4.56. The maximum atomic E-state index is 5.75. The zero-order valence-corrected chi connectivity index (χ0v) is 13.4. The molecule has 1 aromatic carbocycles. The second-order valence-electron chi connectivity index (χ2n) is 4.56. The van der Waals surface area contributed by atoms with Crippen LogP contribution in [0.4, 0.5) is 5.82 Å². The fourth-order valence-electron chi connectivity index (χ4n) is 2.30. The molecule has 0 amide bonds. The van der Waals surface area contributed by atoms with Crippen LogP contribution < -0.4 is 11.5 Å². The summed E-state index contributed by atoms with van der Waals surface area (Å²) in [5.41, 5.74) is 17.0. The van der Waals surface area contributed by atoms with Gasteiger partial charge in [0.25, 0.3) is 0 Å². The van der Waals surface area contributed by atoms with Crippen LogP contribution in [0.3, 0.4) is 0 Å². The summed E-state index contributed by atoms with van der Waals surface area (Å²) in [4.78, 5) is 4.33. The molecule has 0 unspecified atom stereocenters. The Labute approximate surface area is 132 Å². The minimum atomic E-state index is 0. The number of rotatable bonds is 3. The van der Waals surface area contributed by atoms with Crippen LogP contribution in [-0.2, 0) is 6.42 Å². The van der Waals surface area contributed by atoms with E-state index < -0.39 is 0 Å². The fourth-order valence-corrected chi connectivity index (χ4v) is 2.30. The van der Waals surface area contributed by atoms with Crippen LogP contribution in [0, 0.1) is 13.8 Å². The number of nitrogens with two attached hydrogens (primary N) is 2. The Morgan fingerprint density at radius 3 is 2.15 bits per heavy atom. The number of halogens is 2. The van der Waals surface area contributed by atoms with Gasteiger partial charge in [0.15, 0.2) is 0 Å². The van der Waals surface area contributed by atoms with Crippen LogP contribution in [0.15, 0.2) is 30.3 Å². The summed E-state index contributed by atoms with van der Waals surface area (Å²) in [7, 11) is 0. The van der Waals surface area contributed by atoms with Crippen molar-refractivity contribution in [3.8, 4) is 11.1 Å². The first kappa shape index (κ1) is 18.7. The predicted octanol–water partition coefficient (Wildman–Crippen LogP) is 3.29. The van der Waals surface area contributed by atoms with E-state index in [1.54, 1.807) is 0 Å². The van der Waals surface area contributed by atoms with Gasteiger partial charge in [-0.2, -0.15) is 0 Å². The normalized spacial score (nSPS) is 9.55. The van der Waals surface area contributed by atoms with Gasteiger partial charge in [0.2, 0.25) is 0 Å². The summed E-state index contributed by atoms with van der Waals surface area (Å²) in [5, 5.41) is 0. The van der Waals surface area contributed by atoms with Crippen LogP contribution in [0.25, 0.3) is 11.1 Å². The number of pyridine rings is 1. The number of hydrogen-bond donors (Lipinski definition) is 2. The molecule has 110 valence electrons. The average Bonchev–Trinajstić information content (AvgIpc) is 2.30. The Kier molecular flexibility index (Phi) is 7.58. The first-order valence-electron chi connectivity index (χ1n) is 6.15. The molecule has 0 atom stereocenters. The lowest BCUT2D eigenvalue weighted by Crippen LogP contribution is -2.02. The zero-order chi connectivity index (χ0) is 13.1. The minimum absolute atomic E-state index is 0. The molecule has 20 heavy (non-hydrogen) atoms. The number of benzene rings is 1. The molecular weight excluding hydrogens is 293 g/mol. The molecule has 0 aliphatic rings. The molecule has 2 aromatic rings. The predicted molar refractivity (Wildman–Crippen MR) is 90.8 cm³/mol. The molecule has 1 aromatic heterocycles. The molecule has 5 heteroatoms. The molecule has 3 nitrogen and oxygen atoms in total. The van der Waals surface area contributed by atoms with Crippen LogP contribution >= 0.6 is 24.8 Å². The third-order valence-corrected chi connectivity index (χ3v) is 3.09. The second kappa shape index (κ2) is 8.10. The standard InChI is InChI=1S/C15H19N3.2ClH/c1-10-9-14(17)18-11(2)15(10)13-5-3-12(4-6-13)7-8-16;;/h3-6,9H,7-8,16H2,1-2H3,(H2,17,18);2*1H. The lowest BCUT2D eigenvalue weighted by atomic mass is 9.98. The van der Waals surface area contributed by atoms with E-state index in [4.69, 9.17) is 11.5 Å². The minimum Gasteiger partial charge on any atom is -0.384 e. The van der Waals surface area contributed by atoms with Crippen LogP contribution in [-0.4, -0.2) is 11.5 Å². The van der Waals surface area contributed by atoms with E-state index >= 15 is 0 Å². The van der Waals surface area contributed by atoms with Crippen molar-refractivity contribution in [1.29, 1.82) is 0 Å². The van der Waals surface area contributed by atoms with Crippen LogP contribution in [0.1, 0.15) is 16.8 Å². The van der Waals surface area contributed by atoms with E-state index in [1.807, 2.05) is 13.0 Å². The third kappa shape index (κ3) is 4.10. The van der Waals surface area contributed by atoms with Crippen molar-refractivity contribution >= 4 is 30.6 Å². The van der Waals surface area contributed by atoms with Crippen LogP contribution in [0.2, 0.25) is 0 Å². The van der Waals surface area contributed by atoms with E-state index in [2.05, 4.69) is 36.2 Å². The van der Waals surface area contributed by atoms with Crippen molar-refractivity contribution in [2.24, 2.45) is 5.73 Å². The molecular formula is C15H21Cl2N3. The van der Waals surface area contributed by atoms with E-state index in [9.17, 15) is 0 Å². The van der Waals surface area contributed by atoms with Crippen LogP contribution in [0.5, 0.6) is 0 Å². The SMILES string of the molecule is Cc1cc(N)nc(C)c1-c1ccc(CCN)cc1.Cl.Cl. The summed E-state index contributed by atoms with van der Waals surface area (Å²) < 4.78 is 0. The monoisotopic (exact) mass is 313 g/mol. The number of nitrogen functional groups attached to an aromatic ring is 1. The Hall–Kier alpha value is -1.29. The van der Waals surface area contributed by atoms with E-state index in [0.29, 0.717) is 12.4 Å². The Morgan fingerprint density at radius 1 is 1.05 bits per heavy atom. The Bertz CT molecular complexity index is 531. The van der Waals surface area contributed by atoms with Gasteiger partial charge in [-0.25, -0.2) is 4.98 Å². The van der Waals surface area contributed by atoms with Gasteiger partial charge in [-0.15, -0.1) is 24.8 Å². The molecule has 0 fully saturated rings. The largest absolute Gasteiger partial charge is 0.384 e. The topological polar surface area (TPSA) is 64.9 Å². The van der Waals surface area contributed by atoms with Gasteiger partial charge in [-0.1, -0.05) is 24.3 Å². The molecule has 0 aliphatic heterocycles. The lowest BCUT2D eigenvalue weighted by molar-refractivity contribution is 0.969. The maximum absolute atomic E-state index is 5.75. The highest BCUT2D eigenvalue weighted by atomic mass is 35.5. The van der Waals surface area contributed by atoms with Gasteiger partial charge in [-0.3, -0.25) is 0 Å². The highest BCUT2D eigenvalue weighted by Crippen LogP contribution is 2.27. The molecule has 0 radical (unpaired) electrons. The Morgan fingerprint density at radius 2 is 1.65 bits per heavy atom. The van der Waals surface area contributed by atoms with Crippen molar-refractivity contribution in [2.75, 3.05) is 12.3 Å². The molecule has 0 saturated carbocycles. The van der Waals surface area contributed by atoms with Crippen molar-refractivity contribution in [3.63, 3.8) is 0 Å². The summed E-state index contributed by atoms with van der Waals surface area (Å²) in [6, 6.07) is 10.4. The first-order chi connectivity index (χ1) is 8.61. The first-order valence-corrected chi connectivity index (χ1v) is 6.15. The molecule has 0 bridgehead atoms. The summed E-state index contributed by atoms with van der Waals surface area (Å²) in [6.07, 6.45) is 0.915. The zero-order valence-electron chi connectivity index (χ0n) is 11.7. The van der Waals surface area contributed by atoms with Crippen molar-refractivity contribution in [1.82, 2.24) is 4.98 Å².